The maximum atomic E-state index is 5.69. The first-order valence-corrected chi connectivity index (χ1v) is 3.27. The van der Waals surface area contributed by atoms with Gasteiger partial charge in [-0.15, -0.1) is 0 Å². The molecule has 0 amide bonds. The van der Waals surface area contributed by atoms with E-state index in [1.165, 1.54) is 0 Å². The van der Waals surface area contributed by atoms with Gasteiger partial charge in [-0.3, -0.25) is 0 Å². The molecule has 1 aliphatic rings. The molecule has 1 fully saturated rings. The third kappa shape index (κ3) is 1.23. The first kappa shape index (κ1) is 6.99. The van der Waals surface area contributed by atoms with Crippen molar-refractivity contribution in [2.24, 2.45) is 5.73 Å². The molecule has 54 valence electrons. The largest absolute Gasteiger partial charge is 0.378 e. The van der Waals surface area contributed by atoms with E-state index < -0.39 is 0 Å². The fourth-order valence-corrected chi connectivity index (χ4v) is 1.30. The molecule has 1 heterocycles. The minimum Gasteiger partial charge on any atom is -0.378 e. The average Bonchev–Trinajstić information content (AvgIpc) is 2.12. The molecule has 0 aliphatic carbocycles. The van der Waals surface area contributed by atoms with Crippen LogP contribution in [0.15, 0.2) is 0 Å². The van der Waals surface area contributed by atoms with Gasteiger partial charge in [0.05, 0.1) is 6.10 Å². The minimum absolute atomic E-state index is 0.171. The summed E-state index contributed by atoms with van der Waals surface area (Å²) in [5, 5.41) is 3.22. The highest BCUT2D eigenvalue weighted by atomic mass is 16.5. The van der Waals surface area contributed by atoms with E-state index in [0.717, 1.165) is 6.54 Å². The Hall–Kier alpha value is -0.120. The van der Waals surface area contributed by atoms with Crippen molar-refractivity contribution in [1.82, 2.24) is 5.32 Å². The van der Waals surface area contributed by atoms with Gasteiger partial charge in [0.1, 0.15) is 0 Å². The molecule has 3 atom stereocenters. The van der Waals surface area contributed by atoms with E-state index in [9.17, 15) is 0 Å². The van der Waals surface area contributed by atoms with Crippen LogP contribution in [0.25, 0.3) is 0 Å². The van der Waals surface area contributed by atoms with Gasteiger partial charge in [0.2, 0.25) is 0 Å². The van der Waals surface area contributed by atoms with Crippen LogP contribution in [0.4, 0.5) is 0 Å². The maximum Gasteiger partial charge on any atom is 0.0884 e. The number of rotatable bonds is 1. The van der Waals surface area contributed by atoms with Crippen molar-refractivity contribution in [3.8, 4) is 0 Å². The zero-order chi connectivity index (χ0) is 6.85. The zero-order valence-electron chi connectivity index (χ0n) is 5.92. The number of methoxy groups -OCH3 is 1. The molecular weight excluding hydrogens is 116 g/mol. The van der Waals surface area contributed by atoms with Gasteiger partial charge >= 0.3 is 0 Å². The molecule has 3 N–H and O–H groups in total. The normalized spacial score (nSPS) is 43.7. The van der Waals surface area contributed by atoms with Crippen LogP contribution in [-0.4, -0.2) is 31.8 Å². The summed E-state index contributed by atoms with van der Waals surface area (Å²) in [4.78, 5) is 0. The number of nitrogens with one attached hydrogen (secondary N) is 1. The lowest BCUT2D eigenvalue weighted by atomic mass is 10.1. The van der Waals surface area contributed by atoms with E-state index in [0.29, 0.717) is 6.04 Å². The Labute approximate surface area is 55.6 Å². The van der Waals surface area contributed by atoms with E-state index in [-0.39, 0.29) is 12.1 Å². The minimum atomic E-state index is 0.171. The lowest BCUT2D eigenvalue weighted by Gasteiger charge is -2.15. The molecule has 0 aromatic carbocycles. The molecule has 0 aromatic rings. The number of ether oxygens (including phenoxy) is 1. The SMILES string of the molecule is CO[C@@H]1[C@@H](N)CN[C@@H]1C. The molecule has 0 bridgehead atoms. The molecule has 0 spiro atoms. The summed E-state index contributed by atoms with van der Waals surface area (Å²) in [5.41, 5.74) is 5.69. The highest BCUT2D eigenvalue weighted by Gasteiger charge is 2.29. The summed E-state index contributed by atoms with van der Waals surface area (Å²) in [6.45, 7) is 2.96. The van der Waals surface area contributed by atoms with Crippen LogP contribution in [0.5, 0.6) is 0 Å². The predicted molar refractivity (Wildman–Crippen MR) is 36.2 cm³/mol. The summed E-state index contributed by atoms with van der Waals surface area (Å²) < 4.78 is 5.15. The third-order valence-corrected chi connectivity index (χ3v) is 1.86. The second-order valence-electron chi connectivity index (χ2n) is 2.56. The molecule has 1 saturated heterocycles. The Balaban J connectivity index is 2.44. The highest BCUT2D eigenvalue weighted by molar-refractivity contribution is 4.91. The monoisotopic (exact) mass is 130 g/mol. The fraction of sp³-hybridized carbons (Fsp3) is 1.00. The van der Waals surface area contributed by atoms with Crippen molar-refractivity contribution in [3.63, 3.8) is 0 Å². The van der Waals surface area contributed by atoms with E-state index in [4.69, 9.17) is 10.5 Å². The summed E-state index contributed by atoms with van der Waals surface area (Å²) in [6.07, 6.45) is 0.199. The molecule has 0 saturated carbocycles. The quantitative estimate of drug-likeness (QED) is 0.494. The number of nitrogens with two attached hydrogens (primary N) is 1. The predicted octanol–water partition coefficient (Wildman–Crippen LogP) is -0.680. The first-order valence-electron chi connectivity index (χ1n) is 3.27. The molecule has 3 heteroatoms. The summed E-state index contributed by atoms with van der Waals surface area (Å²) in [7, 11) is 1.70. The van der Waals surface area contributed by atoms with Crippen molar-refractivity contribution in [3.05, 3.63) is 0 Å². The summed E-state index contributed by atoms with van der Waals surface area (Å²) in [5.74, 6) is 0. The second kappa shape index (κ2) is 2.64. The molecule has 3 nitrogen and oxygen atoms in total. The molecule has 1 aliphatic heterocycles. The molecule has 9 heavy (non-hydrogen) atoms. The van der Waals surface area contributed by atoms with Crippen molar-refractivity contribution >= 4 is 0 Å². The van der Waals surface area contributed by atoms with Gasteiger partial charge in [-0.25, -0.2) is 0 Å². The Bertz CT molecular complexity index is 87.1. The Kier molecular flexibility index (Phi) is 2.05. The third-order valence-electron chi connectivity index (χ3n) is 1.86. The maximum absolute atomic E-state index is 5.69. The summed E-state index contributed by atoms with van der Waals surface area (Å²) >= 11 is 0. The van der Waals surface area contributed by atoms with Gasteiger partial charge in [-0.05, 0) is 6.92 Å². The smallest absolute Gasteiger partial charge is 0.0884 e. The lowest BCUT2D eigenvalue weighted by molar-refractivity contribution is 0.0852. The van der Waals surface area contributed by atoms with Crippen molar-refractivity contribution in [1.29, 1.82) is 0 Å². The Morgan fingerprint density at radius 3 is 2.56 bits per heavy atom. The van der Waals surface area contributed by atoms with E-state index in [2.05, 4.69) is 12.2 Å². The number of hydrogen-bond donors (Lipinski definition) is 2. The van der Waals surface area contributed by atoms with Gasteiger partial charge in [0.25, 0.3) is 0 Å². The van der Waals surface area contributed by atoms with Crippen LogP contribution >= 0.6 is 0 Å². The van der Waals surface area contributed by atoms with Crippen LogP contribution in [0.3, 0.4) is 0 Å². The topological polar surface area (TPSA) is 47.3 Å². The first-order chi connectivity index (χ1) is 4.25. The standard InChI is InChI=1S/C6H14N2O/c1-4-6(9-2)5(7)3-8-4/h4-6,8H,3,7H2,1-2H3/t4-,5+,6+/m1/s1. The molecule has 0 aromatic heterocycles. The van der Waals surface area contributed by atoms with Gasteiger partial charge in [0, 0.05) is 25.7 Å². The molecule has 0 radical (unpaired) electrons. The molecule has 0 unspecified atom stereocenters. The van der Waals surface area contributed by atoms with E-state index in [1.807, 2.05) is 0 Å². The van der Waals surface area contributed by atoms with Gasteiger partial charge < -0.3 is 15.8 Å². The Morgan fingerprint density at radius 1 is 1.67 bits per heavy atom. The Morgan fingerprint density at radius 2 is 2.33 bits per heavy atom. The highest BCUT2D eigenvalue weighted by Crippen LogP contribution is 2.07. The molecule has 1 rings (SSSR count). The number of hydrogen-bond acceptors (Lipinski definition) is 3. The zero-order valence-corrected chi connectivity index (χ0v) is 5.92. The van der Waals surface area contributed by atoms with Crippen LogP contribution in [0.2, 0.25) is 0 Å². The lowest BCUT2D eigenvalue weighted by Crippen LogP contribution is -2.37. The van der Waals surface area contributed by atoms with E-state index >= 15 is 0 Å². The fourth-order valence-electron chi connectivity index (χ4n) is 1.30. The van der Waals surface area contributed by atoms with Crippen LogP contribution in [0, 0.1) is 0 Å². The molecular formula is C6H14N2O. The van der Waals surface area contributed by atoms with E-state index in [1.54, 1.807) is 7.11 Å². The van der Waals surface area contributed by atoms with Crippen molar-refractivity contribution in [2.45, 2.75) is 25.1 Å². The second-order valence-corrected chi connectivity index (χ2v) is 2.56. The van der Waals surface area contributed by atoms with Gasteiger partial charge in [0.15, 0.2) is 0 Å². The van der Waals surface area contributed by atoms with Crippen molar-refractivity contribution < 1.29 is 4.74 Å². The van der Waals surface area contributed by atoms with Gasteiger partial charge in [-0.2, -0.15) is 0 Å². The van der Waals surface area contributed by atoms with Crippen molar-refractivity contribution in [2.75, 3.05) is 13.7 Å². The van der Waals surface area contributed by atoms with Gasteiger partial charge in [-0.1, -0.05) is 0 Å². The summed E-state index contributed by atoms with van der Waals surface area (Å²) in [6, 6.07) is 0.579. The van der Waals surface area contributed by atoms with Crippen LogP contribution in [-0.2, 0) is 4.74 Å². The average molecular weight is 130 g/mol. The van der Waals surface area contributed by atoms with Crippen LogP contribution in [0.1, 0.15) is 6.92 Å². The van der Waals surface area contributed by atoms with Crippen LogP contribution < -0.4 is 11.1 Å².